The molecule has 0 saturated carbocycles. The van der Waals surface area contributed by atoms with Crippen LogP contribution in [0.15, 0.2) is 35.1 Å². The smallest absolute Gasteiger partial charge is 0.264 e. The summed E-state index contributed by atoms with van der Waals surface area (Å²) in [6.07, 6.45) is 0. The van der Waals surface area contributed by atoms with Crippen molar-refractivity contribution in [3.8, 4) is 5.75 Å². The first kappa shape index (κ1) is 14.3. The molecule has 20 heavy (non-hydrogen) atoms. The molecule has 0 aliphatic carbocycles. The van der Waals surface area contributed by atoms with E-state index in [1.54, 1.807) is 31.4 Å². The first-order valence-electron chi connectivity index (χ1n) is 5.95. The second-order valence-electron chi connectivity index (χ2n) is 4.05. The highest BCUT2D eigenvalue weighted by atomic mass is 32.2. The molecule has 0 unspecified atom stereocenters. The molecular formula is C13H15N3O3S. The third-order valence-electron chi connectivity index (χ3n) is 2.52. The number of anilines is 1. The van der Waals surface area contributed by atoms with Gasteiger partial charge in [-0.05, 0) is 24.3 Å². The minimum Gasteiger partial charge on any atom is -0.497 e. The number of thioether (sulfide) groups is 1. The Hall–Kier alpha value is -2.15. The molecule has 3 N–H and O–H groups in total. The van der Waals surface area contributed by atoms with Crippen LogP contribution in [-0.2, 0) is 10.5 Å². The van der Waals surface area contributed by atoms with Gasteiger partial charge in [0.2, 0.25) is 5.91 Å². The van der Waals surface area contributed by atoms with E-state index in [1.165, 1.54) is 17.8 Å². The van der Waals surface area contributed by atoms with Crippen molar-refractivity contribution in [2.45, 2.75) is 5.75 Å². The Morgan fingerprint density at radius 3 is 2.65 bits per heavy atom. The third kappa shape index (κ3) is 4.20. The summed E-state index contributed by atoms with van der Waals surface area (Å²) in [4.78, 5) is 22.6. The summed E-state index contributed by atoms with van der Waals surface area (Å²) < 4.78 is 5.04. The van der Waals surface area contributed by atoms with Crippen molar-refractivity contribution >= 4 is 23.4 Å². The fraction of sp³-hybridized carbons (Fsp3) is 0.231. The summed E-state index contributed by atoms with van der Waals surface area (Å²) in [5.74, 6) is 1.56. The molecule has 0 spiro atoms. The van der Waals surface area contributed by atoms with E-state index in [4.69, 9.17) is 4.74 Å². The number of carbonyl (C=O) groups excluding carboxylic acids is 1. The van der Waals surface area contributed by atoms with Crippen LogP contribution in [0.3, 0.4) is 0 Å². The molecule has 0 saturated heterocycles. The molecule has 0 radical (unpaired) electrons. The average molecular weight is 293 g/mol. The van der Waals surface area contributed by atoms with E-state index in [0.717, 1.165) is 17.1 Å². The van der Waals surface area contributed by atoms with Crippen molar-refractivity contribution in [2.75, 3.05) is 18.2 Å². The molecule has 1 heterocycles. The number of nitrogens with one attached hydrogen (secondary N) is 3. The zero-order valence-electron chi connectivity index (χ0n) is 10.9. The van der Waals surface area contributed by atoms with Gasteiger partial charge in [0.05, 0.1) is 12.9 Å². The Labute approximate surface area is 119 Å². The first-order valence-corrected chi connectivity index (χ1v) is 7.11. The van der Waals surface area contributed by atoms with Crippen LogP contribution in [0.4, 0.5) is 5.69 Å². The number of H-pyrrole nitrogens is 2. The summed E-state index contributed by atoms with van der Waals surface area (Å²) in [6.45, 7) is 0. The minimum atomic E-state index is -0.164. The summed E-state index contributed by atoms with van der Waals surface area (Å²) in [5, 5.41) is 7.98. The standard InChI is InChI=1S/C13H15N3O3S/c1-19-11-4-2-9(3-5-11)14-13(18)8-20-7-10-6-12(17)16-15-10/h2-6H,7-8H2,1H3,(H,14,18)(H2,15,16,17). The normalized spacial score (nSPS) is 10.2. The van der Waals surface area contributed by atoms with Gasteiger partial charge in [0.1, 0.15) is 5.75 Å². The van der Waals surface area contributed by atoms with Gasteiger partial charge in [0, 0.05) is 23.2 Å². The van der Waals surface area contributed by atoms with E-state index in [-0.39, 0.29) is 11.5 Å². The van der Waals surface area contributed by atoms with Crippen LogP contribution in [-0.4, -0.2) is 29.0 Å². The van der Waals surface area contributed by atoms with Crippen molar-refractivity contribution < 1.29 is 9.53 Å². The van der Waals surface area contributed by atoms with Crippen LogP contribution >= 0.6 is 11.8 Å². The Balaban J connectivity index is 1.75. The number of aromatic amines is 2. The zero-order valence-corrected chi connectivity index (χ0v) is 11.8. The lowest BCUT2D eigenvalue weighted by atomic mass is 10.3. The van der Waals surface area contributed by atoms with Gasteiger partial charge in [-0.1, -0.05) is 0 Å². The summed E-state index contributed by atoms with van der Waals surface area (Å²) in [6, 6.07) is 8.62. The maximum Gasteiger partial charge on any atom is 0.264 e. The Kier molecular flexibility index (Phi) is 4.89. The number of aromatic nitrogens is 2. The second kappa shape index (κ2) is 6.85. The largest absolute Gasteiger partial charge is 0.497 e. The second-order valence-corrected chi connectivity index (χ2v) is 5.04. The molecule has 2 rings (SSSR count). The predicted octanol–water partition coefficient (Wildman–Crippen LogP) is 1.58. The molecular weight excluding hydrogens is 278 g/mol. The number of amides is 1. The highest BCUT2D eigenvalue weighted by Crippen LogP contribution is 2.15. The maximum atomic E-state index is 11.7. The van der Waals surface area contributed by atoms with Crippen LogP contribution in [0.5, 0.6) is 5.75 Å². The molecule has 0 atom stereocenters. The van der Waals surface area contributed by atoms with Gasteiger partial charge in [0.15, 0.2) is 0 Å². The van der Waals surface area contributed by atoms with E-state index < -0.39 is 0 Å². The van der Waals surface area contributed by atoms with Crippen molar-refractivity contribution in [3.05, 3.63) is 46.4 Å². The number of benzene rings is 1. The van der Waals surface area contributed by atoms with Crippen molar-refractivity contribution in [1.29, 1.82) is 0 Å². The number of carbonyl (C=O) groups is 1. The van der Waals surface area contributed by atoms with Crippen molar-refractivity contribution in [1.82, 2.24) is 10.2 Å². The van der Waals surface area contributed by atoms with E-state index in [2.05, 4.69) is 15.5 Å². The van der Waals surface area contributed by atoms with Gasteiger partial charge in [0.25, 0.3) is 5.56 Å². The highest BCUT2D eigenvalue weighted by Gasteiger charge is 2.04. The lowest BCUT2D eigenvalue weighted by Crippen LogP contribution is -2.14. The lowest BCUT2D eigenvalue weighted by Gasteiger charge is -2.05. The molecule has 6 nitrogen and oxygen atoms in total. The molecule has 7 heteroatoms. The molecule has 106 valence electrons. The predicted molar refractivity (Wildman–Crippen MR) is 79.2 cm³/mol. The van der Waals surface area contributed by atoms with Gasteiger partial charge in [-0.2, -0.15) is 0 Å². The van der Waals surface area contributed by atoms with E-state index in [0.29, 0.717) is 11.5 Å². The van der Waals surface area contributed by atoms with Gasteiger partial charge in [-0.15, -0.1) is 11.8 Å². The SMILES string of the molecule is COc1ccc(NC(=O)CSCc2cc(=O)[nH][nH]2)cc1. The molecule has 1 aromatic heterocycles. The molecule has 2 aromatic rings. The van der Waals surface area contributed by atoms with Crippen LogP contribution in [0.1, 0.15) is 5.69 Å². The fourth-order valence-electron chi connectivity index (χ4n) is 1.58. The van der Waals surface area contributed by atoms with E-state index in [9.17, 15) is 9.59 Å². The number of hydrogen-bond acceptors (Lipinski definition) is 4. The quantitative estimate of drug-likeness (QED) is 0.754. The Morgan fingerprint density at radius 1 is 1.30 bits per heavy atom. The van der Waals surface area contributed by atoms with Crippen LogP contribution in [0, 0.1) is 0 Å². The monoisotopic (exact) mass is 293 g/mol. The number of rotatable bonds is 6. The molecule has 1 amide bonds. The van der Waals surface area contributed by atoms with Gasteiger partial charge in [-0.3, -0.25) is 14.7 Å². The summed E-state index contributed by atoms with van der Waals surface area (Å²) in [5.41, 5.74) is 1.34. The Morgan fingerprint density at radius 2 is 2.05 bits per heavy atom. The van der Waals surface area contributed by atoms with E-state index in [1.807, 2.05) is 0 Å². The van der Waals surface area contributed by atoms with Gasteiger partial charge >= 0.3 is 0 Å². The molecule has 0 aliphatic heterocycles. The van der Waals surface area contributed by atoms with Crippen LogP contribution in [0.2, 0.25) is 0 Å². The third-order valence-corrected chi connectivity index (χ3v) is 3.50. The van der Waals surface area contributed by atoms with Gasteiger partial charge < -0.3 is 15.2 Å². The summed E-state index contributed by atoms with van der Waals surface area (Å²) in [7, 11) is 1.59. The average Bonchev–Trinajstić information content (AvgIpc) is 2.85. The topological polar surface area (TPSA) is 87.0 Å². The van der Waals surface area contributed by atoms with Crippen molar-refractivity contribution in [2.24, 2.45) is 0 Å². The minimum absolute atomic E-state index is 0.0851. The van der Waals surface area contributed by atoms with Crippen molar-refractivity contribution in [3.63, 3.8) is 0 Å². The zero-order chi connectivity index (χ0) is 14.4. The number of hydrogen-bond donors (Lipinski definition) is 3. The lowest BCUT2D eigenvalue weighted by molar-refractivity contribution is -0.113. The molecule has 0 fully saturated rings. The van der Waals surface area contributed by atoms with E-state index >= 15 is 0 Å². The Bertz CT molecular complexity index is 618. The van der Waals surface area contributed by atoms with Crippen LogP contribution < -0.4 is 15.6 Å². The maximum absolute atomic E-state index is 11.7. The number of ether oxygens (including phenoxy) is 1. The highest BCUT2D eigenvalue weighted by molar-refractivity contribution is 7.99. The summed E-state index contributed by atoms with van der Waals surface area (Å²) >= 11 is 1.43. The molecule has 0 bridgehead atoms. The molecule has 1 aromatic carbocycles. The first-order chi connectivity index (χ1) is 9.67. The van der Waals surface area contributed by atoms with Crippen LogP contribution in [0.25, 0.3) is 0 Å². The fourth-order valence-corrected chi connectivity index (χ4v) is 2.31. The molecule has 0 aliphatic rings. The van der Waals surface area contributed by atoms with Gasteiger partial charge in [-0.25, -0.2) is 0 Å². The number of methoxy groups -OCH3 is 1.